The van der Waals surface area contributed by atoms with E-state index in [9.17, 15) is 9.59 Å². The van der Waals surface area contributed by atoms with Gasteiger partial charge < -0.3 is 24.3 Å². The summed E-state index contributed by atoms with van der Waals surface area (Å²) in [7, 11) is 4.37. The third-order valence-corrected chi connectivity index (χ3v) is 4.64. The third kappa shape index (κ3) is 5.40. The summed E-state index contributed by atoms with van der Waals surface area (Å²) in [5.41, 5.74) is 1.89. The lowest BCUT2D eigenvalue weighted by atomic mass is 9.97. The largest absolute Gasteiger partial charge is 0.496 e. The van der Waals surface area contributed by atoms with Gasteiger partial charge in [-0.25, -0.2) is 4.79 Å². The first kappa shape index (κ1) is 22.1. The van der Waals surface area contributed by atoms with Gasteiger partial charge in [-0.2, -0.15) is 0 Å². The van der Waals surface area contributed by atoms with Gasteiger partial charge in [0, 0.05) is 17.8 Å². The van der Waals surface area contributed by atoms with Gasteiger partial charge in [0.15, 0.2) is 18.1 Å². The van der Waals surface area contributed by atoms with Gasteiger partial charge in [0.2, 0.25) is 0 Å². The fourth-order valence-corrected chi connectivity index (χ4v) is 2.84. The molecular weight excluding hydrogens is 374 g/mol. The molecule has 0 bridgehead atoms. The predicted octanol–water partition coefficient (Wildman–Crippen LogP) is 4.02. The molecule has 2 aromatic rings. The maximum absolute atomic E-state index is 12.5. The molecule has 156 valence electrons. The minimum absolute atomic E-state index is 0.137. The minimum Gasteiger partial charge on any atom is -0.496 e. The first-order chi connectivity index (χ1) is 13.9. The molecule has 0 saturated heterocycles. The van der Waals surface area contributed by atoms with Crippen molar-refractivity contribution in [2.45, 2.75) is 26.2 Å². The normalized spacial score (nSPS) is 11.3. The number of benzene rings is 2. The van der Waals surface area contributed by atoms with E-state index >= 15 is 0 Å². The Hall–Kier alpha value is -3.22. The van der Waals surface area contributed by atoms with Crippen molar-refractivity contribution in [2.75, 3.05) is 33.3 Å². The Bertz CT molecular complexity index is 864. The van der Waals surface area contributed by atoms with Crippen LogP contribution in [-0.4, -0.2) is 39.8 Å². The molecule has 1 atom stereocenters. The fraction of sp³-hybridized carbons (Fsp3) is 0.364. The number of ether oxygens (including phenoxy) is 4. The van der Waals surface area contributed by atoms with Gasteiger partial charge in [0.25, 0.3) is 5.91 Å². The van der Waals surface area contributed by atoms with Crippen LogP contribution in [0.2, 0.25) is 0 Å². The molecule has 0 heterocycles. The number of hydrogen-bond donors (Lipinski definition) is 1. The number of carbonyl (C=O) groups is 2. The topological polar surface area (TPSA) is 83.1 Å². The lowest BCUT2D eigenvalue weighted by Gasteiger charge is -2.16. The zero-order chi connectivity index (χ0) is 21.4. The summed E-state index contributed by atoms with van der Waals surface area (Å²) in [6.45, 7) is 3.75. The van der Waals surface area contributed by atoms with Gasteiger partial charge in [-0.3, -0.25) is 4.79 Å². The lowest BCUT2D eigenvalue weighted by molar-refractivity contribution is -0.119. The Morgan fingerprint density at radius 3 is 2.21 bits per heavy atom. The van der Waals surface area contributed by atoms with E-state index in [1.807, 2.05) is 24.3 Å². The van der Waals surface area contributed by atoms with Crippen LogP contribution in [0.15, 0.2) is 36.4 Å². The van der Waals surface area contributed by atoms with Gasteiger partial charge in [-0.1, -0.05) is 32.0 Å². The maximum atomic E-state index is 12.5. The SMILES string of the molecule is CC[C@@H](C)c1ccccc1NC(=O)COC(=O)c1cc(OC)c(OC)cc1OC. The highest BCUT2D eigenvalue weighted by molar-refractivity contribution is 5.97. The molecule has 0 aromatic heterocycles. The van der Waals surface area contributed by atoms with Crippen molar-refractivity contribution in [1.82, 2.24) is 0 Å². The number of hydrogen-bond acceptors (Lipinski definition) is 6. The molecule has 1 N–H and O–H groups in total. The lowest BCUT2D eigenvalue weighted by Crippen LogP contribution is -2.22. The van der Waals surface area contributed by atoms with Crippen LogP contribution in [0.25, 0.3) is 0 Å². The first-order valence-electron chi connectivity index (χ1n) is 9.31. The van der Waals surface area contributed by atoms with Crippen LogP contribution in [0.5, 0.6) is 17.2 Å². The van der Waals surface area contributed by atoms with Gasteiger partial charge in [-0.05, 0) is 24.0 Å². The number of anilines is 1. The van der Waals surface area contributed by atoms with Crippen LogP contribution < -0.4 is 19.5 Å². The van der Waals surface area contributed by atoms with E-state index in [1.54, 1.807) is 0 Å². The molecule has 29 heavy (non-hydrogen) atoms. The van der Waals surface area contributed by atoms with E-state index in [0.717, 1.165) is 12.0 Å². The third-order valence-electron chi connectivity index (χ3n) is 4.64. The quantitative estimate of drug-likeness (QED) is 0.639. The Labute approximate surface area is 170 Å². The van der Waals surface area contributed by atoms with Crippen LogP contribution in [-0.2, 0) is 9.53 Å². The van der Waals surface area contributed by atoms with E-state index in [1.165, 1.54) is 33.5 Å². The predicted molar refractivity (Wildman–Crippen MR) is 110 cm³/mol. The van der Waals surface area contributed by atoms with Crippen LogP contribution in [0.1, 0.15) is 42.1 Å². The Morgan fingerprint density at radius 2 is 1.59 bits per heavy atom. The van der Waals surface area contributed by atoms with Crippen molar-refractivity contribution in [2.24, 2.45) is 0 Å². The second-order valence-corrected chi connectivity index (χ2v) is 6.43. The van der Waals surface area contributed by atoms with Crippen LogP contribution in [0.3, 0.4) is 0 Å². The molecule has 0 aliphatic rings. The van der Waals surface area contributed by atoms with E-state index in [-0.39, 0.29) is 11.3 Å². The summed E-state index contributed by atoms with van der Waals surface area (Å²) < 4.78 is 20.8. The molecule has 2 rings (SSSR count). The molecule has 2 aromatic carbocycles. The van der Waals surface area contributed by atoms with Gasteiger partial charge in [0.05, 0.1) is 21.3 Å². The summed E-state index contributed by atoms with van der Waals surface area (Å²) >= 11 is 0. The smallest absolute Gasteiger partial charge is 0.342 e. The summed E-state index contributed by atoms with van der Waals surface area (Å²) in [6.07, 6.45) is 0.945. The highest BCUT2D eigenvalue weighted by Crippen LogP contribution is 2.35. The van der Waals surface area contributed by atoms with Crippen molar-refractivity contribution < 1.29 is 28.5 Å². The number of para-hydroxylation sites is 1. The molecule has 0 radical (unpaired) electrons. The van der Waals surface area contributed by atoms with Crippen LogP contribution in [0.4, 0.5) is 5.69 Å². The molecule has 0 fully saturated rings. The zero-order valence-corrected chi connectivity index (χ0v) is 17.4. The first-order valence-corrected chi connectivity index (χ1v) is 9.31. The van der Waals surface area contributed by atoms with Gasteiger partial charge >= 0.3 is 5.97 Å². The van der Waals surface area contributed by atoms with Crippen molar-refractivity contribution in [1.29, 1.82) is 0 Å². The summed E-state index contributed by atoms with van der Waals surface area (Å²) in [5.74, 6) is 0.203. The second-order valence-electron chi connectivity index (χ2n) is 6.43. The van der Waals surface area contributed by atoms with E-state index in [2.05, 4.69) is 19.2 Å². The standard InChI is InChI=1S/C22H27NO6/c1-6-14(2)15-9-7-8-10-17(15)23-21(24)13-29-22(25)16-11-19(27-4)20(28-5)12-18(16)26-3/h7-12,14H,6,13H2,1-5H3,(H,23,24)/t14-/m1/s1. The highest BCUT2D eigenvalue weighted by Gasteiger charge is 2.20. The second kappa shape index (κ2) is 10.4. The zero-order valence-electron chi connectivity index (χ0n) is 17.4. The molecule has 7 nitrogen and oxygen atoms in total. The molecule has 0 saturated carbocycles. The number of nitrogens with one attached hydrogen (secondary N) is 1. The average molecular weight is 401 g/mol. The Balaban J connectivity index is 2.09. The van der Waals surface area contributed by atoms with E-state index in [0.29, 0.717) is 23.1 Å². The fourth-order valence-electron chi connectivity index (χ4n) is 2.84. The van der Waals surface area contributed by atoms with Crippen LogP contribution >= 0.6 is 0 Å². The molecule has 0 aliphatic heterocycles. The number of methoxy groups -OCH3 is 3. The molecule has 0 aliphatic carbocycles. The summed E-state index contributed by atoms with van der Waals surface area (Å²) in [5, 5.41) is 2.81. The Morgan fingerprint density at radius 1 is 0.966 bits per heavy atom. The minimum atomic E-state index is -0.701. The van der Waals surface area contributed by atoms with E-state index < -0.39 is 18.5 Å². The number of esters is 1. The molecule has 1 amide bonds. The van der Waals surface area contributed by atoms with Gasteiger partial charge in [-0.15, -0.1) is 0 Å². The molecule has 7 heteroatoms. The summed E-state index contributed by atoms with van der Waals surface area (Å²) in [6, 6.07) is 10.6. The monoisotopic (exact) mass is 401 g/mol. The van der Waals surface area contributed by atoms with Crippen molar-refractivity contribution in [3.63, 3.8) is 0 Å². The van der Waals surface area contributed by atoms with Crippen molar-refractivity contribution >= 4 is 17.6 Å². The Kier molecular flexibility index (Phi) is 7.88. The molecule has 0 unspecified atom stereocenters. The van der Waals surface area contributed by atoms with E-state index in [4.69, 9.17) is 18.9 Å². The van der Waals surface area contributed by atoms with Crippen molar-refractivity contribution in [3.05, 3.63) is 47.5 Å². The number of rotatable bonds is 9. The highest BCUT2D eigenvalue weighted by atomic mass is 16.5. The molecule has 0 spiro atoms. The maximum Gasteiger partial charge on any atom is 0.342 e. The number of amides is 1. The molecular formula is C22H27NO6. The van der Waals surface area contributed by atoms with Gasteiger partial charge in [0.1, 0.15) is 11.3 Å². The van der Waals surface area contributed by atoms with Crippen LogP contribution in [0, 0.1) is 0 Å². The summed E-state index contributed by atoms with van der Waals surface area (Å²) in [4.78, 5) is 24.8. The van der Waals surface area contributed by atoms with Crippen molar-refractivity contribution in [3.8, 4) is 17.2 Å². The number of carbonyl (C=O) groups excluding carboxylic acids is 2. The average Bonchev–Trinajstić information content (AvgIpc) is 2.76.